The van der Waals surface area contributed by atoms with Crippen LogP contribution in [0.2, 0.25) is 0 Å². The minimum absolute atomic E-state index is 0.0665. The minimum atomic E-state index is -0.804. The summed E-state index contributed by atoms with van der Waals surface area (Å²) in [5.74, 6) is -0.804. The van der Waals surface area contributed by atoms with E-state index in [0.717, 1.165) is 22.3 Å². The minimum Gasteiger partial charge on any atom is -0.481 e. The van der Waals surface area contributed by atoms with Gasteiger partial charge < -0.3 is 9.84 Å². The molecule has 0 unspecified atom stereocenters. The zero-order chi connectivity index (χ0) is 14.4. The number of rotatable bonds is 6. The van der Waals surface area contributed by atoms with Crippen LogP contribution in [-0.4, -0.2) is 11.1 Å². The molecule has 0 aliphatic heterocycles. The van der Waals surface area contributed by atoms with Crippen molar-refractivity contribution in [3.05, 3.63) is 70.8 Å². The van der Waals surface area contributed by atoms with Crippen molar-refractivity contribution in [3.63, 3.8) is 0 Å². The lowest BCUT2D eigenvalue weighted by Crippen LogP contribution is -2.03. The molecule has 0 atom stereocenters. The Morgan fingerprint density at radius 2 is 1.75 bits per heavy atom. The highest BCUT2D eigenvalue weighted by Gasteiger charge is 2.05. The highest BCUT2D eigenvalue weighted by Crippen LogP contribution is 2.13. The standard InChI is InChI=1S/C17H18O3/c1-13-9-15(7-8-16(13)10-17(18)19)12-20-11-14-5-3-2-4-6-14/h2-9H,10-12H2,1H3,(H,18,19). The van der Waals surface area contributed by atoms with E-state index in [-0.39, 0.29) is 6.42 Å². The van der Waals surface area contributed by atoms with Crippen molar-refractivity contribution >= 4 is 5.97 Å². The molecule has 2 rings (SSSR count). The summed E-state index contributed by atoms with van der Waals surface area (Å²) in [6.07, 6.45) is 0.0665. The SMILES string of the molecule is Cc1cc(COCc2ccccc2)ccc1CC(=O)O. The van der Waals surface area contributed by atoms with Gasteiger partial charge in [0.25, 0.3) is 0 Å². The number of carboxylic acid groups (broad SMARTS) is 1. The van der Waals surface area contributed by atoms with Crippen LogP contribution >= 0.6 is 0 Å². The Bertz CT molecular complexity index is 576. The van der Waals surface area contributed by atoms with Crippen LogP contribution in [0.1, 0.15) is 22.3 Å². The molecule has 0 bridgehead atoms. The molecule has 3 nitrogen and oxygen atoms in total. The van der Waals surface area contributed by atoms with E-state index >= 15 is 0 Å². The van der Waals surface area contributed by atoms with Crippen molar-refractivity contribution in [1.82, 2.24) is 0 Å². The van der Waals surface area contributed by atoms with Crippen LogP contribution < -0.4 is 0 Å². The van der Waals surface area contributed by atoms with Crippen LogP contribution in [0.15, 0.2) is 48.5 Å². The lowest BCUT2D eigenvalue weighted by molar-refractivity contribution is -0.136. The summed E-state index contributed by atoms with van der Waals surface area (Å²) in [5.41, 5.74) is 4.05. The van der Waals surface area contributed by atoms with Crippen molar-refractivity contribution in [1.29, 1.82) is 0 Å². The Morgan fingerprint density at radius 3 is 2.40 bits per heavy atom. The molecule has 0 saturated carbocycles. The Morgan fingerprint density at radius 1 is 1.05 bits per heavy atom. The fourth-order valence-electron chi connectivity index (χ4n) is 2.07. The van der Waals surface area contributed by atoms with Gasteiger partial charge in [-0.2, -0.15) is 0 Å². The third kappa shape index (κ3) is 4.21. The molecule has 0 saturated heterocycles. The highest BCUT2D eigenvalue weighted by atomic mass is 16.5. The van der Waals surface area contributed by atoms with Crippen LogP contribution in [0, 0.1) is 6.92 Å². The van der Waals surface area contributed by atoms with Gasteiger partial charge in [-0.25, -0.2) is 0 Å². The maximum Gasteiger partial charge on any atom is 0.307 e. The molecular weight excluding hydrogens is 252 g/mol. The Balaban J connectivity index is 1.90. The fourth-order valence-corrected chi connectivity index (χ4v) is 2.07. The molecule has 0 fully saturated rings. The monoisotopic (exact) mass is 270 g/mol. The van der Waals surface area contributed by atoms with Crippen molar-refractivity contribution in [2.75, 3.05) is 0 Å². The van der Waals surface area contributed by atoms with E-state index in [4.69, 9.17) is 9.84 Å². The maximum atomic E-state index is 10.7. The normalized spacial score (nSPS) is 10.4. The van der Waals surface area contributed by atoms with Gasteiger partial charge in [0, 0.05) is 0 Å². The van der Waals surface area contributed by atoms with Crippen molar-refractivity contribution < 1.29 is 14.6 Å². The van der Waals surface area contributed by atoms with Gasteiger partial charge in [0.2, 0.25) is 0 Å². The summed E-state index contributed by atoms with van der Waals surface area (Å²) in [6, 6.07) is 15.8. The number of hydrogen-bond acceptors (Lipinski definition) is 2. The third-order valence-corrected chi connectivity index (χ3v) is 3.13. The van der Waals surface area contributed by atoms with Crippen LogP contribution in [0.4, 0.5) is 0 Å². The number of aryl methyl sites for hydroxylation is 1. The first-order chi connectivity index (χ1) is 9.65. The van der Waals surface area contributed by atoms with E-state index < -0.39 is 5.97 Å². The molecule has 20 heavy (non-hydrogen) atoms. The number of hydrogen-bond donors (Lipinski definition) is 1. The van der Waals surface area contributed by atoms with Gasteiger partial charge in [0.1, 0.15) is 0 Å². The van der Waals surface area contributed by atoms with Gasteiger partial charge in [-0.15, -0.1) is 0 Å². The first kappa shape index (κ1) is 14.3. The van der Waals surface area contributed by atoms with Crippen LogP contribution in [-0.2, 0) is 29.2 Å². The van der Waals surface area contributed by atoms with E-state index in [1.165, 1.54) is 0 Å². The quantitative estimate of drug-likeness (QED) is 0.875. The van der Waals surface area contributed by atoms with Gasteiger partial charge in [0.05, 0.1) is 19.6 Å². The van der Waals surface area contributed by atoms with E-state index in [1.807, 2.05) is 55.5 Å². The molecule has 0 spiro atoms. The second-order valence-electron chi connectivity index (χ2n) is 4.81. The molecular formula is C17H18O3. The van der Waals surface area contributed by atoms with Gasteiger partial charge >= 0.3 is 5.97 Å². The molecule has 0 aliphatic carbocycles. The molecule has 1 N–H and O–H groups in total. The smallest absolute Gasteiger partial charge is 0.307 e. The lowest BCUT2D eigenvalue weighted by atomic mass is 10.0. The Kier molecular flexibility index (Phi) is 4.91. The van der Waals surface area contributed by atoms with E-state index in [2.05, 4.69) is 0 Å². The van der Waals surface area contributed by atoms with Gasteiger partial charge in [-0.05, 0) is 29.2 Å². The van der Waals surface area contributed by atoms with Crippen LogP contribution in [0.5, 0.6) is 0 Å². The largest absolute Gasteiger partial charge is 0.481 e. The van der Waals surface area contributed by atoms with Gasteiger partial charge in [-0.1, -0.05) is 48.5 Å². The van der Waals surface area contributed by atoms with E-state index in [9.17, 15) is 4.79 Å². The number of carboxylic acids is 1. The van der Waals surface area contributed by atoms with Crippen LogP contribution in [0.25, 0.3) is 0 Å². The molecule has 104 valence electrons. The van der Waals surface area contributed by atoms with Gasteiger partial charge in [-0.3, -0.25) is 4.79 Å². The molecule has 0 amide bonds. The second kappa shape index (κ2) is 6.87. The number of benzene rings is 2. The first-order valence-corrected chi connectivity index (χ1v) is 6.57. The summed E-state index contributed by atoms with van der Waals surface area (Å²) >= 11 is 0. The first-order valence-electron chi connectivity index (χ1n) is 6.57. The van der Waals surface area contributed by atoms with E-state index in [0.29, 0.717) is 13.2 Å². The van der Waals surface area contributed by atoms with Crippen molar-refractivity contribution in [3.8, 4) is 0 Å². The van der Waals surface area contributed by atoms with Crippen LogP contribution in [0.3, 0.4) is 0 Å². The zero-order valence-corrected chi connectivity index (χ0v) is 11.5. The Hall–Kier alpha value is -2.13. The highest BCUT2D eigenvalue weighted by molar-refractivity contribution is 5.70. The molecule has 0 aliphatic rings. The summed E-state index contributed by atoms with van der Waals surface area (Å²) in [5, 5.41) is 8.80. The molecule has 0 aromatic heterocycles. The molecule has 2 aromatic rings. The molecule has 3 heteroatoms. The maximum absolute atomic E-state index is 10.7. The average Bonchev–Trinajstić information content (AvgIpc) is 2.43. The van der Waals surface area contributed by atoms with E-state index in [1.54, 1.807) is 0 Å². The predicted molar refractivity (Wildman–Crippen MR) is 77.5 cm³/mol. The number of carbonyl (C=O) groups is 1. The number of aliphatic carboxylic acids is 1. The van der Waals surface area contributed by atoms with Gasteiger partial charge in [0.15, 0.2) is 0 Å². The fraction of sp³-hybridized carbons (Fsp3) is 0.235. The summed E-state index contributed by atoms with van der Waals surface area (Å²) in [6.45, 7) is 3.04. The molecule has 0 heterocycles. The lowest BCUT2D eigenvalue weighted by Gasteiger charge is -2.08. The zero-order valence-electron chi connectivity index (χ0n) is 11.5. The summed E-state index contributed by atoms with van der Waals surface area (Å²) in [4.78, 5) is 10.7. The predicted octanol–water partition coefficient (Wildman–Crippen LogP) is 3.34. The second-order valence-corrected chi connectivity index (χ2v) is 4.81. The average molecular weight is 270 g/mol. The summed E-state index contributed by atoms with van der Waals surface area (Å²) in [7, 11) is 0. The molecule has 0 radical (unpaired) electrons. The molecule has 2 aromatic carbocycles. The van der Waals surface area contributed by atoms with Crippen molar-refractivity contribution in [2.24, 2.45) is 0 Å². The summed E-state index contributed by atoms with van der Waals surface area (Å²) < 4.78 is 5.67. The third-order valence-electron chi connectivity index (χ3n) is 3.13. The number of ether oxygens (including phenoxy) is 1. The van der Waals surface area contributed by atoms with Crippen molar-refractivity contribution in [2.45, 2.75) is 26.6 Å². The Labute approximate surface area is 118 Å². The topological polar surface area (TPSA) is 46.5 Å².